The molecule has 5 aliphatic rings. The first kappa shape index (κ1) is 21.7. The van der Waals surface area contributed by atoms with Crippen LogP contribution in [-0.2, 0) is 14.4 Å². The van der Waals surface area contributed by atoms with Gasteiger partial charge in [-0.25, -0.2) is 9.98 Å². The minimum absolute atomic E-state index is 0.0704. The minimum atomic E-state index is -4.70. The number of likely N-dealkylation sites (tertiary alicyclic amines) is 1. The molecule has 0 aromatic rings. The maximum absolute atomic E-state index is 13.4. The normalized spacial score (nSPS) is 36.7. The van der Waals surface area contributed by atoms with Crippen molar-refractivity contribution in [2.45, 2.75) is 61.8 Å². The number of aliphatic hydroxyl groups is 1. The molecule has 0 bridgehead atoms. The molecule has 4 heterocycles. The van der Waals surface area contributed by atoms with Gasteiger partial charge in [-0.1, -0.05) is 0 Å². The van der Waals surface area contributed by atoms with Crippen molar-refractivity contribution in [1.82, 2.24) is 20.4 Å². The van der Waals surface area contributed by atoms with E-state index in [-0.39, 0.29) is 62.5 Å². The van der Waals surface area contributed by atoms with Crippen LogP contribution in [0.3, 0.4) is 0 Å². The second kappa shape index (κ2) is 6.71. The monoisotopic (exact) mass is 472 g/mol. The maximum Gasteiger partial charge on any atom is 0.403 e. The fourth-order valence-electron chi connectivity index (χ4n) is 5.27. The molecule has 15 heteroatoms. The van der Waals surface area contributed by atoms with E-state index in [0.29, 0.717) is 0 Å². The Balaban J connectivity index is 1.42. The van der Waals surface area contributed by atoms with Gasteiger partial charge in [-0.2, -0.15) is 13.2 Å². The van der Waals surface area contributed by atoms with Gasteiger partial charge in [-0.15, -0.1) is 0 Å². The molecule has 33 heavy (non-hydrogen) atoms. The van der Waals surface area contributed by atoms with Crippen LogP contribution in [0.2, 0.25) is 0 Å². The molecule has 0 radical (unpaired) electrons. The molecule has 5 atom stereocenters. The standard InChI is InChI=1S/C18H23F3N8O4/c19-18(20,21)16(3-4-16)13(33)24-8-6-29-15(23)25-7(5-28-9(30)1-2-10(28)31)11-17(29,12(8)32)27-14(22)26-11/h7-8,11-12,32H,1-6H2,(H2,23,25)(H,24,33)(H3,22,26,27)/t7-,8?,11?,12+,17?/m0/s1. The summed E-state index contributed by atoms with van der Waals surface area (Å²) in [5, 5.41) is 16.4. The van der Waals surface area contributed by atoms with E-state index in [1.54, 1.807) is 0 Å². The summed E-state index contributed by atoms with van der Waals surface area (Å²) in [6, 6.07) is -2.90. The van der Waals surface area contributed by atoms with Crippen LogP contribution in [0, 0.1) is 5.41 Å². The van der Waals surface area contributed by atoms with E-state index in [0.717, 1.165) is 4.90 Å². The molecule has 1 saturated carbocycles. The molecule has 180 valence electrons. The predicted molar refractivity (Wildman–Crippen MR) is 105 cm³/mol. The van der Waals surface area contributed by atoms with E-state index < -0.39 is 47.4 Å². The third kappa shape index (κ3) is 2.90. The smallest absolute Gasteiger partial charge is 0.386 e. The average molecular weight is 472 g/mol. The highest BCUT2D eigenvalue weighted by Crippen LogP contribution is 2.58. The number of nitrogens with zero attached hydrogens (tertiary/aromatic N) is 4. The van der Waals surface area contributed by atoms with E-state index in [1.807, 2.05) is 0 Å². The lowest BCUT2D eigenvalue weighted by molar-refractivity contribution is -0.193. The number of guanidine groups is 2. The number of aliphatic hydroxyl groups excluding tert-OH is 1. The molecule has 12 nitrogen and oxygen atoms in total. The first-order valence-electron chi connectivity index (χ1n) is 10.5. The third-order valence-electron chi connectivity index (χ3n) is 7.22. The molecule has 4 aliphatic heterocycles. The van der Waals surface area contributed by atoms with Crippen molar-refractivity contribution < 1.29 is 32.7 Å². The molecule has 2 saturated heterocycles. The van der Waals surface area contributed by atoms with Gasteiger partial charge in [-0.05, 0) is 12.8 Å². The predicted octanol–water partition coefficient (Wildman–Crippen LogP) is -2.68. The van der Waals surface area contributed by atoms with Crippen LogP contribution >= 0.6 is 0 Å². The number of imide groups is 1. The van der Waals surface area contributed by atoms with Crippen molar-refractivity contribution in [2.75, 3.05) is 13.1 Å². The Morgan fingerprint density at radius 3 is 2.42 bits per heavy atom. The zero-order valence-corrected chi connectivity index (χ0v) is 17.3. The average Bonchev–Trinajstić information content (AvgIpc) is 3.33. The Labute approximate surface area is 185 Å². The Hall–Kier alpha value is -3.10. The number of carbonyl (C=O) groups is 3. The van der Waals surface area contributed by atoms with Crippen LogP contribution in [0.15, 0.2) is 9.98 Å². The summed E-state index contributed by atoms with van der Waals surface area (Å²) < 4.78 is 40.1. The van der Waals surface area contributed by atoms with Gasteiger partial charge >= 0.3 is 6.18 Å². The molecule has 0 aromatic heterocycles. The highest BCUT2D eigenvalue weighted by atomic mass is 19.4. The zero-order chi connectivity index (χ0) is 23.9. The number of amides is 3. The number of rotatable bonds is 4. The van der Waals surface area contributed by atoms with Crippen molar-refractivity contribution in [3.8, 4) is 0 Å². The van der Waals surface area contributed by atoms with Crippen LogP contribution in [0.25, 0.3) is 0 Å². The van der Waals surface area contributed by atoms with E-state index >= 15 is 0 Å². The van der Waals surface area contributed by atoms with Crippen molar-refractivity contribution in [3.63, 3.8) is 0 Å². The third-order valence-corrected chi connectivity index (χ3v) is 7.22. The first-order valence-corrected chi connectivity index (χ1v) is 10.5. The lowest BCUT2D eigenvalue weighted by Crippen LogP contribution is -2.73. The van der Waals surface area contributed by atoms with Gasteiger partial charge in [0.1, 0.15) is 17.6 Å². The fraction of sp³-hybridized carbons (Fsp3) is 0.722. The summed E-state index contributed by atoms with van der Waals surface area (Å²) in [6.07, 6.45) is -6.65. The summed E-state index contributed by atoms with van der Waals surface area (Å²) in [7, 11) is 0. The van der Waals surface area contributed by atoms with Gasteiger partial charge in [0.05, 0.1) is 18.6 Å². The number of halogens is 3. The molecule has 1 spiro atoms. The Morgan fingerprint density at radius 1 is 1.21 bits per heavy atom. The summed E-state index contributed by atoms with van der Waals surface area (Å²) in [5.41, 5.74) is 8.06. The Kier molecular flexibility index (Phi) is 4.42. The number of alkyl halides is 3. The molecule has 0 aromatic carbocycles. The van der Waals surface area contributed by atoms with Crippen LogP contribution in [0.4, 0.5) is 13.2 Å². The van der Waals surface area contributed by atoms with E-state index in [4.69, 9.17) is 11.5 Å². The summed E-state index contributed by atoms with van der Waals surface area (Å²) in [5.74, 6) is -2.10. The second-order valence-corrected chi connectivity index (χ2v) is 9.08. The number of hydrogen-bond acceptors (Lipinski definition) is 10. The minimum Gasteiger partial charge on any atom is -0.386 e. The molecule has 3 fully saturated rings. The first-order chi connectivity index (χ1) is 15.4. The van der Waals surface area contributed by atoms with Crippen LogP contribution in [0.1, 0.15) is 25.7 Å². The van der Waals surface area contributed by atoms with Gasteiger partial charge < -0.3 is 32.1 Å². The van der Waals surface area contributed by atoms with Gasteiger partial charge in [0.2, 0.25) is 17.7 Å². The molecule has 7 N–H and O–H groups in total. The Bertz CT molecular complexity index is 980. The van der Waals surface area contributed by atoms with Gasteiger partial charge in [0.25, 0.3) is 0 Å². The zero-order valence-electron chi connectivity index (χ0n) is 17.3. The van der Waals surface area contributed by atoms with E-state index in [1.165, 1.54) is 4.90 Å². The van der Waals surface area contributed by atoms with Gasteiger partial charge in [-0.3, -0.25) is 19.3 Å². The van der Waals surface area contributed by atoms with E-state index in [9.17, 15) is 32.7 Å². The summed E-state index contributed by atoms with van der Waals surface area (Å²) in [6.45, 7) is -0.283. The SMILES string of the molecule is NC1=NC2[C@H](CN3C(=O)CCC3=O)N=C(N)N3CC(NC(=O)C4(C(F)(F)F)CC4)[C@@H](O)C23N1. The molecule has 5 rings (SSSR count). The highest BCUT2D eigenvalue weighted by Gasteiger charge is 2.70. The fourth-order valence-corrected chi connectivity index (χ4v) is 5.27. The van der Waals surface area contributed by atoms with E-state index in [2.05, 4.69) is 20.6 Å². The summed E-state index contributed by atoms with van der Waals surface area (Å²) in [4.78, 5) is 47.8. The Morgan fingerprint density at radius 2 is 1.85 bits per heavy atom. The topological polar surface area (TPSA) is 179 Å². The van der Waals surface area contributed by atoms with Gasteiger partial charge in [0.15, 0.2) is 17.6 Å². The largest absolute Gasteiger partial charge is 0.403 e. The quantitative estimate of drug-likeness (QED) is 0.275. The number of nitrogens with two attached hydrogens (primary N) is 2. The van der Waals surface area contributed by atoms with Crippen LogP contribution in [-0.4, -0.2) is 93.7 Å². The molecule has 3 amide bonds. The van der Waals surface area contributed by atoms with Crippen LogP contribution in [0.5, 0.6) is 0 Å². The van der Waals surface area contributed by atoms with Crippen molar-refractivity contribution in [2.24, 2.45) is 26.9 Å². The number of nitrogens with one attached hydrogen (secondary N) is 2. The molecule has 3 unspecified atom stereocenters. The number of hydrogen-bond donors (Lipinski definition) is 5. The van der Waals surface area contributed by atoms with Gasteiger partial charge in [0, 0.05) is 19.4 Å². The lowest BCUT2D eigenvalue weighted by Gasteiger charge is -2.46. The summed E-state index contributed by atoms with van der Waals surface area (Å²) >= 11 is 0. The number of carbonyl (C=O) groups excluding carboxylic acids is 3. The van der Waals surface area contributed by atoms with Crippen molar-refractivity contribution in [1.29, 1.82) is 0 Å². The molecular formula is C18H23F3N8O4. The highest BCUT2D eigenvalue weighted by molar-refractivity contribution is 6.02. The second-order valence-electron chi connectivity index (χ2n) is 9.08. The van der Waals surface area contributed by atoms with Crippen molar-refractivity contribution >= 4 is 29.6 Å². The maximum atomic E-state index is 13.4. The lowest BCUT2D eigenvalue weighted by atomic mass is 9.87. The van der Waals surface area contributed by atoms with Crippen molar-refractivity contribution in [3.05, 3.63) is 0 Å². The molecular weight excluding hydrogens is 449 g/mol. The molecule has 1 aliphatic carbocycles. The van der Waals surface area contributed by atoms with Crippen LogP contribution < -0.4 is 22.1 Å². The number of aliphatic imine (C=N–C) groups is 2.